The van der Waals surface area contributed by atoms with Gasteiger partial charge in [-0.2, -0.15) is 0 Å². The fourth-order valence-electron chi connectivity index (χ4n) is 5.48. The fourth-order valence-corrected chi connectivity index (χ4v) is 5.67. The molecule has 45 heavy (non-hydrogen) atoms. The van der Waals surface area contributed by atoms with Crippen LogP contribution < -0.4 is 14.2 Å². The van der Waals surface area contributed by atoms with Gasteiger partial charge in [-0.25, -0.2) is 14.4 Å². The summed E-state index contributed by atoms with van der Waals surface area (Å²) in [6.07, 6.45) is -3.27. The van der Waals surface area contributed by atoms with Crippen LogP contribution in [0.15, 0.2) is 84.9 Å². The van der Waals surface area contributed by atoms with Crippen molar-refractivity contribution in [2.24, 2.45) is 0 Å². The molecule has 0 radical (unpaired) electrons. The van der Waals surface area contributed by atoms with Gasteiger partial charge < -0.3 is 34.4 Å². The fraction of sp³-hybridized carbons (Fsp3) is 0.152. The van der Waals surface area contributed by atoms with Crippen molar-refractivity contribution in [2.75, 3.05) is 0 Å². The lowest BCUT2D eigenvalue weighted by Crippen LogP contribution is -2.36. The number of hydrogen-bond donors (Lipinski definition) is 3. The first-order valence-electron chi connectivity index (χ1n) is 13.7. The number of aryl methyl sites for hydroxylation is 1. The molecule has 0 saturated carbocycles. The van der Waals surface area contributed by atoms with Gasteiger partial charge in [0.15, 0.2) is 17.2 Å². The van der Waals surface area contributed by atoms with E-state index in [9.17, 15) is 29.4 Å². The topological polar surface area (TPSA) is 160 Å². The number of carboxylic acid groups (broad SMARTS) is 3. The summed E-state index contributed by atoms with van der Waals surface area (Å²) in [6.45, 7) is 0.0707. The van der Waals surface area contributed by atoms with Crippen molar-refractivity contribution in [2.45, 2.75) is 31.8 Å². The van der Waals surface area contributed by atoms with Gasteiger partial charge in [-0.05, 0) is 65.3 Å². The molecule has 1 aliphatic carbocycles. The highest BCUT2D eigenvalue weighted by molar-refractivity contribution is 6.30. The van der Waals surface area contributed by atoms with E-state index in [1.165, 1.54) is 0 Å². The van der Waals surface area contributed by atoms with Crippen LogP contribution in [-0.2, 0) is 13.0 Å². The summed E-state index contributed by atoms with van der Waals surface area (Å²) in [5.74, 6) is -2.60. The Bertz CT molecular complexity index is 1790. The Balaban J connectivity index is 1.64. The molecule has 11 nitrogen and oxygen atoms in total. The molecule has 4 aromatic carbocycles. The van der Waals surface area contributed by atoms with Gasteiger partial charge in [0.05, 0.1) is 11.6 Å². The van der Waals surface area contributed by atoms with E-state index < -0.39 is 47.7 Å². The lowest BCUT2D eigenvalue weighted by molar-refractivity contribution is 0.0633. The third kappa shape index (κ3) is 7.34. The Kier molecular flexibility index (Phi) is 9.20. The first-order chi connectivity index (χ1) is 21.6. The summed E-state index contributed by atoms with van der Waals surface area (Å²) in [5, 5.41) is 28.4. The summed E-state index contributed by atoms with van der Waals surface area (Å²) < 4.78 is 14.2. The zero-order valence-corrected chi connectivity index (χ0v) is 24.3. The molecule has 0 spiro atoms. The van der Waals surface area contributed by atoms with Crippen LogP contribution in [-0.4, -0.2) is 44.6 Å². The van der Waals surface area contributed by atoms with Gasteiger partial charge in [-0.3, -0.25) is 4.79 Å². The molecule has 0 aliphatic heterocycles. The lowest BCUT2D eigenvalue weighted by atomic mass is 9.86. The molecule has 4 aromatic rings. The molecule has 3 N–H and O–H groups in total. The highest BCUT2D eigenvalue weighted by Crippen LogP contribution is 2.40. The van der Waals surface area contributed by atoms with Gasteiger partial charge in [0.2, 0.25) is 0 Å². The van der Waals surface area contributed by atoms with Gasteiger partial charge >= 0.3 is 18.5 Å². The van der Waals surface area contributed by atoms with Gasteiger partial charge in [0.1, 0.15) is 0 Å². The van der Waals surface area contributed by atoms with Crippen molar-refractivity contribution in [1.82, 2.24) is 4.90 Å². The Morgan fingerprint density at radius 3 is 2.04 bits per heavy atom. The summed E-state index contributed by atoms with van der Waals surface area (Å²) in [5.41, 5.74) is 4.07. The average Bonchev–Trinajstić information content (AvgIpc) is 3.00. The van der Waals surface area contributed by atoms with E-state index in [2.05, 4.69) is 4.74 Å². The molecule has 230 valence electrons. The number of rotatable bonds is 8. The van der Waals surface area contributed by atoms with E-state index in [0.29, 0.717) is 11.4 Å². The van der Waals surface area contributed by atoms with Crippen LogP contribution >= 0.6 is 11.6 Å². The monoisotopic (exact) mass is 631 g/mol. The smallest absolute Gasteiger partial charge is 0.449 e. The predicted molar refractivity (Wildman–Crippen MR) is 161 cm³/mol. The quantitative estimate of drug-likeness (QED) is 0.129. The van der Waals surface area contributed by atoms with Crippen LogP contribution in [0.1, 0.15) is 45.9 Å². The van der Waals surface area contributed by atoms with Gasteiger partial charge in [0.25, 0.3) is 5.91 Å². The second kappa shape index (κ2) is 13.4. The van der Waals surface area contributed by atoms with Crippen molar-refractivity contribution in [3.8, 4) is 28.4 Å². The molecule has 1 atom stereocenters. The van der Waals surface area contributed by atoms with Gasteiger partial charge in [-0.1, -0.05) is 66.2 Å². The van der Waals surface area contributed by atoms with E-state index in [4.69, 9.17) is 26.2 Å². The number of ether oxygens (including phenoxy) is 3. The van der Waals surface area contributed by atoms with Crippen molar-refractivity contribution in [3.63, 3.8) is 0 Å². The minimum Gasteiger partial charge on any atom is -0.449 e. The standard InChI is InChI=1S/C33H26ClNO10/c34-23-11-4-10-22(15-23)21-9-3-6-19(14-21)18-35(26-13-5-8-20-7-1-2-12-24(20)26)30(36)25-16-28(44-32(39)40)29(45-33(41)42)17-27(25)43-31(37)38/h1-4,6-7,9-12,14-17,26H,5,8,13,18H2,(H,37,38)(H,39,40)(H,41,42)/t26-/m0/s1. The maximum atomic E-state index is 14.5. The zero-order valence-electron chi connectivity index (χ0n) is 23.5. The van der Waals surface area contributed by atoms with E-state index in [1.54, 1.807) is 11.0 Å². The van der Waals surface area contributed by atoms with Gasteiger partial charge in [-0.15, -0.1) is 0 Å². The molecule has 5 rings (SSSR count). The molecular formula is C33H26ClNO10. The van der Waals surface area contributed by atoms with Crippen LogP contribution in [0.5, 0.6) is 17.2 Å². The van der Waals surface area contributed by atoms with E-state index in [0.717, 1.165) is 52.8 Å². The number of halogens is 1. The summed E-state index contributed by atoms with van der Waals surface area (Å²) in [4.78, 5) is 50.4. The van der Waals surface area contributed by atoms with Crippen molar-refractivity contribution in [3.05, 3.63) is 112 Å². The molecule has 0 saturated heterocycles. The number of carbonyl (C=O) groups is 4. The van der Waals surface area contributed by atoms with Crippen LogP contribution in [0.25, 0.3) is 11.1 Å². The number of benzene rings is 4. The largest absolute Gasteiger partial charge is 0.511 e. The van der Waals surface area contributed by atoms with Crippen molar-refractivity contribution < 1.29 is 48.7 Å². The Hall–Kier alpha value is -5.55. The molecule has 0 aromatic heterocycles. The Morgan fingerprint density at radius 2 is 1.36 bits per heavy atom. The Morgan fingerprint density at radius 1 is 0.733 bits per heavy atom. The zero-order chi connectivity index (χ0) is 32.1. The molecule has 1 amide bonds. The number of carbonyl (C=O) groups excluding carboxylic acids is 1. The molecule has 12 heteroatoms. The first-order valence-corrected chi connectivity index (χ1v) is 14.1. The number of nitrogens with zero attached hydrogens (tertiary/aromatic N) is 1. The Labute approximate surface area is 261 Å². The summed E-state index contributed by atoms with van der Waals surface area (Å²) >= 11 is 6.22. The van der Waals surface area contributed by atoms with E-state index in [1.807, 2.05) is 66.7 Å². The molecule has 0 bridgehead atoms. The van der Waals surface area contributed by atoms with Crippen molar-refractivity contribution >= 4 is 36.0 Å². The molecule has 1 aliphatic rings. The maximum absolute atomic E-state index is 14.5. The molecule has 0 heterocycles. The highest BCUT2D eigenvalue weighted by Gasteiger charge is 2.33. The third-order valence-electron chi connectivity index (χ3n) is 7.28. The first kappa shape index (κ1) is 30.9. The summed E-state index contributed by atoms with van der Waals surface area (Å²) in [7, 11) is 0. The van der Waals surface area contributed by atoms with Crippen LogP contribution in [0, 0.1) is 0 Å². The average molecular weight is 632 g/mol. The second-order valence-electron chi connectivity index (χ2n) is 10.1. The normalized spacial score (nSPS) is 13.7. The van der Waals surface area contributed by atoms with Crippen LogP contribution in [0.3, 0.4) is 0 Å². The van der Waals surface area contributed by atoms with Gasteiger partial charge in [0, 0.05) is 23.7 Å². The third-order valence-corrected chi connectivity index (χ3v) is 7.52. The maximum Gasteiger partial charge on any atom is 0.511 e. The van der Waals surface area contributed by atoms with Crippen molar-refractivity contribution in [1.29, 1.82) is 0 Å². The highest BCUT2D eigenvalue weighted by atomic mass is 35.5. The lowest BCUT2D eigenvalue weighted by Gasteiger charge is -2.36. The predicted octanol–water partition coefficient (Wildman–Crippen LogP) is 7.90. The molecule has 0 fully saturated rings. The van der Waals surface area contributed by atoms with E-state index >= 15 is 0 Å². The number of amides is 1. The number of hydrogen-bond acceptors (Lipinski definition) is 7. The minimum atomic E-state index is -1.83. The molecular weight excluding hydrogens is 606 g/mol. The summed E-state index contributed by atoms with van der Waals surface area (Å²) in [6, 6.07) is 23.8. The van der Waals surface area contributed by atoms with Crippen LogP contribution in [0.2, 0.25) is 5.02 Å². The van der Waals surface area contributed by atoms with E-state index in [-0.39, 0.29) is 12.1 Å². The molecule has 0 unspecified atom stereocenters. The SMILES string of the molecule is O=C(O)Oc1cc(OC(=O)O)c(C(=O)N(Cc2cccc(-c3cccc(Cl)c3)c2)[C@H]2CCCc3ccccc32)cc1OC(=O)O. The minimum absolute atomic E-state index is 0.0707. The second-order valence-corrected chi connectivity index (χ2v) is 10.6. The number of fused-ring (bicyclic) bond motifs is 1. The van der Waals surface area contributed by atoms with Crippen LogP contribution in [0.4, 0.5) is 14.4 Å².